The molecular formula is C16H24N2OS. The highest BCUT2D eigenvalue weighted by molar-refractivity contribution is 7.98. The molecule has 1 aromatic carbocycles. The number of benzene rings is 1. The Morgan fingerprint density at radius 1 is 1.40 bits per heavy atom. The SMILES string of the molecule is COc1cc(CN2CCC3(CCNC3)C2)ccc1SC. The number of hydrogen-bond donors (Lipinski definition) is 1. The summed E-state index contributed by atoms with van der Waals surface area (Å²) in [6.45, 7) is 5.93. The van der Waals surface area contributed by atoms with Gasteiger partial charge >= 0.3 is 0 Å². The Hall–Kier alpha value is -0.710. The summed E-state index contributed by atoms with van der Waals surface area (Å²) in [6.07, 6.45) is 4.78. The van der Waals surface area contributed by atoms with Crippen molar-refractivity contribution in [2.24, 2.45) is 5.41 Å². The van der Waals surface area contributed by atoms with Gasteiger partial charge in [-0.15, -0.1) is 11.8 Å². The van der Waals surface area contributed by atoms with E-state index in [2.05, 4.69) is 34.7 Å². The predicted octanol–water partition coefficient (Wildman–Crippen LogP) is 2.60. The van der Waals surface area contributed by atoms with Crippen LogP contribution in [0.3, 0.4) is 0 Å². The fraction of sp³-hybridized carbons (Fsp3) is 0.625. The molecule has 0 radical (unpaired) electrons. The van der Waals surface area contributed by atoms with E-state index >= 15 is 0 Å². The van der Waals surface area contributed by atoms with Crippen LogP contribution in [0.1, 0.15) is 18.4 Å². The van der Waals surface area contributed by atoms with Crippen molar-refractivity contribution in [1.82, 2.24) is 10.2 Å². The molecule has 4 heteroatoms. The van der Waals surface area contributed by atoms with Gasteiger partial charge in [0.1, 0.15) is 5.75 Å². The summed E-state index contributed by atoms with van der Waals surface area (Å²) in [5.41, 5.74) is 1.92. The number of rotatable bonds is 4. The molecule has 2 heterocycles. The fourth-order valence-electron chi connectivity index (χ4n) is 3.54. The first-order valence-electron chi connectivity index (χ1n) is 7.39. The van der Waals surface area contributed by atoms with Crippen molar-refractivity contribution in [1.29, 1.82) is 0 Å². The number of nitrogens with one attached hydrogen (secondary N) is 1. The normalized spacial score (nSPS) is 26.5. The number of thioether (sulfide) groups is 1. The van der Waals surface area contributed by atoms with Crippen LogP contribution >= 0.6 is 11.8 Å². The monoisotopic (exact) mass is 292 g/mol. The minimum Gasteiger partial charge on any atom is -0.496 e. The summed E-state index contributed by atoms with van der Waals surface area (Å²) in [7, 11) is 1.76. The average molecular weight is 292 g/mol. The highest BCUT2D eigenvalue weighted by Gasteiger charge is 2.39. The number of hydrogen-bond acceptors (Lipinski definition) is 4. The number of ether oxygens (including phenoxy) is 1. The van der Waals surface area contributed by atoms with Gasteiger partial charge in [-0.05, 0) is 55.3 Å². The van der Waals surface area contributed by atoms with Gasteiger partial charge in [-0.25, -0.2) is 0 Å². The van der Waals surface area contributed by atoms with E-state index in [4.69, 9.17) is 4.74 Å². The lowest BCUT2D eigenvalue weighted by Crippen LogP contribution is -2.28. The maximum Gasteiger partial charge on any atom is 0.132 e. The number of nitrogens with zero attached hydrogens (tertiary/aromatic N) is 1. The summed E-state index contributed by atoms with van der Waals surface area (Å²) in [4.78, 5) is 3.81. The molecule has 2 aliphatic heterocycles. The van der Waals surface area contributed by atoms with Crippen molar-refractivity contribution < 1.29 is 4.74 Å². The van der Waals surface area contributed by atoms with Gasteiger partial charge in [-0.2, -0.15) is 0 Å². The van der Waals surface area contributed by atoms with Crippen molar-refractivity contribution in [2.45, 2.75) is 24.3 Å². The van der Waals surface area contributed by atoms with Crippen molar-refractivity contribution in [3.05, 3.63) is 23.8 Å². The van der Waals surface area contributed by atoms with E-state index in [1.165, 1.54) is 49.5 Å². The molecule has 1 aromatic rings. The summed E-state index contributed by atoms with van der Waals surface area (Å²) in [5.74, 6) is 1.01. The van der Waals surface area contributed by atoms with Gasteiger partial charge in [0, 0.05) is 24.5 Å². The zero-order chi connectivity index (χ0) is 14.0. The first-order chi connectivity index (χ1) is 9.74. The third-order valence-corrected chi connectivity index (χ3v) is 5.48. The van der Waals surface area contributed by atoms with Crippen LogP contribution in [0.15, 0.2) is 23.1 Å². The summed E-state index contributed by atoms with van der Waals surface area (Å²) in [6, 6.07) is 6.62. The zero-order valence-corrected chi connectivity index (χ0v) is 13.3. The molecule has 0 aliphatic carbocycles. The summed E-state index contributed by atoms with van der Waals surface area (Å²) < 4.78 is 5.49. The van der Waals surface area contributed by atoms with E-state index in [0.29, 0.717) is 5.41 Å². The largest absolute Gasteiger partial charge is 0.496 e. The molecule has 20 heavy (non-hydrogen) atoms. The molecule has 1 spiro atoms. The molecule has 2 fully saturated rings. The van der Waals surface area contributed by atoms with Crippen LogP contribution in [0.4, 0.5) is 0 Å². The molecule has 3 rings (SSSR count). The van der Waals surface area contributed by atoms with Gasteiger partial charge in [0.2, 0.25) is 0 Å². The lowest BCUT2D eigenvalue weighted by Gasteiger charge is -2.23. The molecule has 1 atom stereocenters. The second-order valence-corrected chi connectivity index (χ2v) is 6.92. The third-order valence-electron chi connectivity index (χ3n) is 4.70. The fourth-order valence-corrected chi connectivity index (χ4v) is 4.09. The van der Waals surface area contributed by atoms with Gasteiger partial charge in [0.15, 0.2) is 0 Å². The topological polar surface area (TPSA) is 24.5 Å². The van der Waals surface area contributed by atoms with Gasteiger partial charge < -0.3 is 10.1 Å². The van der Waals surface area contributed by atoms with E-state index in [0.717, 1.165) is 12.3 Å². The molecule has 2 aliphatic rings. The highest BCUT2D eigenvalue weighted by Crippen LogP contribution is 2.37. The predicted molar refractivity (Wildman–Crippen MR) is 84.6 cm³/mol. The lowest BCUT2D eigenvalue weighted by atomic mass is 9.86. The average Bonchev–Trinajstić information content (AvgIpc) is 3.09. The smallest absolute Gasteiger partial charge is 0.132 e. The van der Waals surface area contributed by atoms with Crippen LogP contribution in [-0.4, -0.2) is 44.4 Å². The Balaban J connectivity index is 1.66. The third kappa shape index (κ3) is 2.83. The van der Waals surface area contributed by atoms with Crippen molar-refractivity contribution >= 4 is 11.8 Å². The molecule has 0 saturated carbocycles. The minimum atomic E-state index is 0.559. The Labute approximate surface area is 126 Å². The molecule has 1 unspecified atom stereocenters. The zero-order valence-electron chi connectivity index (χ0n) is 12.4. The second kappa shape index (κ2) is 5.96. The molecule has 0 amide bonds. The van der Waals surface area contributed by atoms with Crippen LogP contribution in [0.5, 0.6) is 5.75 Å². The number of likely N-dealkylation sites (tertiary alicyclic amines) is 1. The molecule has 2 saturated heterocycles. The Kier molecular flexibility index (Phi) is 4.24. The van der Waals surface area contributed by atoms with Crippen molar-refractivity contribution in [2.75, 3.05) is 39.5 Å². The minimum absolute atomic E-state index is 0.559. The van der Waals surface area contributed by atoms with E-state index in [1.54, 1.807) is 18.9 Å². The van der Waals surface area contributed by atoms with Gasteiger partial charge in [-0.1, -0.05) is 6.07 Å². The lowest BCUT2D eigenvalue weighted by molar-refractivity contribution is 0.268. The molecule has 1 N–H and O–H groups in total. The maximum absolute atomic E-state index is 5.49. The van der Waals surface area contributed by atoms with Crippen LogP contribution in [0.2, 0.25) is 0 Å². The Morgan fingerprint density at radius 2 is 2.30 bits per heavy atom. The van der Waals surface area contributed by atoms with Gasteiger partial charge in [-0.3, -0.25) is 4.90 Å². The molecule has 110 valence electrons. The van der Waals surface area contributed by atoms with Gasteiger partial charge in [0.25, 0.3) is 0 Å². The molecule has 0 bridgehead atoms. The quantitative estimate of drug-likeness (QED) is 0.862. The first-order valence-corrected chi connectivity index (χ1v) is 8.61. The molecular weight excluding hydrogens is 268 g/mol. The molecule has 0 aromatic heterocycles. The second-order valence-electron chi connectivity index (χ2n) is 6.08. The molecule has 3 nitrogen and oxygen atoms in total. The van der Waals surface area contributed by atoms with Gasteiger partial charge in [0.05, 0.1) is 7.11 Å². The van der Waals surface area contributed by atoms with Crippen molar-refractivity contribution in [3.8, 4) is 5.75 Å². The van der Waals surface area contributed by atoms with Crippen LogP contribution < -0.4 is 10.1 Å². The highest BCUT2D eigenvalue weighted by atomic mass is 32.2. The Bertz CT molecular complexity index is 472. The number of methoxy groups -OCH3 is 1. The maximum atomic E-state index is 5.49. The first kappa shape index (κ1) is 14.2. The standard InChI is InChI=1S/C16H24N2OS/c1-19-14-9-13(3-4-15(14)20-2)10-18-8-6-16(12-18)5-7-17-11-16/h3-4,9,17H,5-8,10-12H2,1-2H3. The van der Waals surface area contributed by atoms with E-state index < -0.39 is 0 Å². The van der Waals surface area contributed by atoms with Crippen molar-refractivity contribution in [3.63, 3.8) is 0 Å². The summed E-state index contributed by atoms with van der Waals surface area (Å²) >= 11 is 1.74. The van der Waals surface area contributed by atoms with E-state index in [9.17, 15) is 0 Å². The van der Waals surface area contributed by atoms with E-state index in [1.807, 2.05) is 0 Å². The van der Waals surface area contributed by atoms with E-state index in [-0.39, 0.29) is 0 Å². The summed E-state index contributed by atoms with van der Waals surface area (Å²) in [5, 5.41) is 3.52. The van der Waals surface area contributed by atoms with Crippen LogP contribution in [-0.2, 0) is 6.54 Å². The Morgan fingerprint density at radius 3 is 3.00 bits per heavy atom. The van der Waals surface area contributed by atoms with Crippen LogP contribution in [0.25, 0.3) is 0 Å². The van der Waals surface area contributed by atoms with Crippen LogP contribution in [0, 0.1) is 5.41 Å².